The van der Waals surface area contributed by atoms with Gasteiger partial charge in [0, 0.05) is 50.3 Å². The molecule has 0 N–H and O–H groups in total. The maximum atomic E-state index is 12.8. The van der Waals surface area contributed by atoms with Gasteiger partial charge in [-0.2, -0.15) is 0 Å². The van der Waals surface area contributed by atoms with Crippen LogP contribution in [0.15, 0.2) is 60.7 Å². The van der Waals surface area contributed by atoms with Crippen LogP contribution >= 0.6 is 0 Å². The maximum Gasteiger partial charge on any atom is 0.260 e. The van der Waals surface area contributed by atoms with E-state index in [1.165, 1.54) is 5.56 Å². The van der Waals surface area contributed by atoms with Crippen LogP contribution in [0.2, 0.25) is 0 Å². The highest BCUT2D eigenvalue weighted by molar-refractivity contribution is 5.78. The maximum absolute atomic E-state index is 12.8. The summed E-state index contributed by atoms with van der Waals surface area (Å²) in [5, 5.41) is 0. The number of piperazine rings is 1. The monoisotopic (exact) mass is 444 g/mol. The minimum absolute atomic E-state index is 0.0194. The third-order valence-corrected chi connectivity index (χ3v) is 5.89. The minimum atomic E-state index is 0.0194. The third kappa shape index (κ3) is 5.89. The fourth-order valence-electron chi connectivity index (χ4n) is 4.02. The number of carbonyl (C=O) groups excluding carboxylic acids is 1. The number of benzene rings is 2. The van der Waals surface area contributed by atoms with Gasteiger partial charge in [-0.15, -0.1) is 0 Å². The van der Waals surface area contributed by atoms with Gasteiger partial charge in [0.25, 0.3) is 5.91 Å². The highest BCUT2D eigenvalue weighted by atomic mass is 16.5. The lowest BCUT2D eigenvalue weighted by atomic mass is 10.0. The molecule has 3 aromatic rings. The van der Waals surface area contributed by atoms with E-state index < -0.39 is 0 Å². The Morgan fingerprint density at radius 2 is 1.67 bits per heavy atom. The third-order valence-electron chi connectivity index (χ3n) is 5.89. The number of para-hydroxylation sites is 1. The molecule has 0 aliphatic carbocycles. The fraction of sp³-hybridized carbons (Fsp3) is 0.370. The number of hydrogen-bond donors (Lipinski definition) is 0. The van der Waals surface area contributed by atoms with E-state index in [4.69, 9.17) is 9.72 Å². The highest BCUT2D eigenvalue weighted by Gasteiger charge is 2.23. The number of aromatic nitrogens is 2. The Labute approximate surface area is 196 Å². The van der Waals surface area contributed by atoms with E-state index in [-0.39, 0.29) is 18.4 Å². The van der Waals surface area contributed by atoms with Gasteiger partial charge in [-0.3, -0.25) is 4.79 Å². The van der Waals surface area contributed by atoms with Crippen LogP contribution in [-0.4, -0.2) is 53.6 Å². The van der Waals surface area contributed by atoms with Crippen molar-refractivity contribution in [3.63, 3.8) is 0 Å². The zero-order valence-corrected chi connectivity index (χ0v) is 19.7. The zero-order valence-electron chi connectivity index (χ0n) is 19.7. The van der Waals surface area contributed by atoms with Crippen molar-refractivity contribution in [3.8, 4) is 5.75 Å². The molecule has 0 radical (unpaired) electrons. The van der Waals surface area contributed by atoms with Crippen molar-refractivity contribution in [1.29, 1.82) is 0 Å². The Bertz CT molecular complexity index is 1080. The molecule has 1 amide bonds. The number of ether oxygens (including phenoxy) is 1. The predicted octanol–water partition coefficient (Wildman–Crippen LogP) is 4.23. The average Bonchev–Trinajstić information content (AvgIpc) is 2.83. The summed E-state index contributed by atoms with van der Waals surface area (Å²) in [6, 6.07) is 20.3. The summed E-state index contributed by atoms with van der Waals surface area (Å²) in [5.74, 6) is 2.89. The molecule has 1 aromatic heterocycles. The van der Waals surface area contributed by atoms with Gasteiger partial charge in [-0.05, 0) is 24.1 Å². The van der Waals surface area contributed by atoms with E-state index in [0.29, 0.717) is 13.1 Å². The summed E-state index contributed by atoms with van der Waals surface area (Å²) in [5.41, 5.74) is 3.28. The summed E-state index contributed by atoms with van der Waals surface area (Å²) < 4.78 is 5.97. The fourth-order valence-corrected chi connectivity index (χ4v) is 4.02. The molecule has 172 valence electrons. The molecule has 33 heavy (non-hydrogen) atoms. The average molecular weight is 445 g/mol. The van der Waals surface area contributed by atoms with Crippen LogP contribution in [-0.2, 0) is 11.2 Å². The summed E-state index contributed by atoms with van der Waals surface area (Å²) in [6.45, 7) is 9.09. The van der Waals surface area contributed by atoms with E-state index in [1.54, 1.807) is 0 Å². The molecule has 4 rings (SSSR count). The van der Waals surface area contributed by atoms with Gasteiger partial charge in [-0.25, -0.2) is 9.97 Å². The number of carbonyl (C=O) groups is 1. The number of anilines is 1. The van der Waals surface area contributed by atoms with Gasteiger partial charge in [0.05, 0.1) is 0 Å². The van der Waals surface area contributed by atoms with Crippen molar-refractivity contribution in [3.05, 3.63) is 83.3 Å². The molecular formula is C27H32N4O2. The molecule has 2 heterocycles. The molecule has 2 aromatic carbocycles. The number of amides is 1. The number of rotatable bonds is 7. The van der Waals surface area contributed by atoms with Crippen LogP contribution in [0.5, 0.6) is 5.75 Å². The molecule has 1 aliphatic rings. The largest absolute Gasteiger partial charge is 0.483 e. The molecule has 0 unspecified atom stereocenters. The molecule has 6 heteroatoms. The smallest absolute Gasteiger partial charge is 0.260 e. The van der Waals surface area contributed by atoms with E-state index in [2.05, 4.69) is 41.9 Å². The van der Waals surface area contributed by atoms with Gasteiger partial charge >= 0.3 is 0 Å². The van der Waals surface area contributed by atoms with Crippen LogP contribution in [0.3, 0.4) is 0 Å². The SMILES string of the molecule is Cc1cc(N2CCN(C(=O)COc3ccccc3Cc3ccccc3)CC2)nc(C(C)C)n1. The molecule has 0 atom stereocenters. The van der Waals surface area contributed by atoms with Crippen molar-refractivity contribution >= 4 is 11.7 Å². The lowest BCUT2D eigenvalue weighted by Crippen LogP contribution is -2.50. The molecule has 1 fully saturated rings. The normalized spacial score (nSPS) is 13.9. The Morgan fingerprint density at radius 3 is 2.39 bits per heavy atom. The van der Waals surface area contributed by atoms with Crippen molar-refractivity contribution in [2.45, 2.75) is 33.1 Å². The minimum Gasteiger partial charge on any atom is -0.483 e. The Kier molecular flexibility index (Phi) is 7.23. The molecular weight excluding hydrogens is 412 g/mol. The first kappa shape index (κ1) is 22.8. The van der Waals surface area contributed by atoms with Gasteiger partial charge in [0.2, 0.25) is 0 Å². The molecule has 0 spiro atoms. The number of nitrogens with zero attached hydrogens (tertiary/aromatic N) is 4. The molecule has 1 saturated heterocycles. The molecule has 0 bridgehead atoms. The first-order chi connectivity index (χ1) is 16.0. The van der Waals surface area contributed by atoms with Crippen LogP contribution in [0.1, 0.15) is 42.4 Å². The van der Waals surface area contributed by atoms with E-state index in [9.17, 15) is 4.79 Å². The Balaban J connectivity index is 1.33. The summed E-state index contributed by atoms with van der Waals surface area (Å²) >= 11 is 0. The summed E-state index contributed by atoms with van der Waals surface area (Å²) in [7, 11) is 0. The quantitative estimate of drug-likeness (QED) is 0.546. The number of aryl methyl sites for hydroxylation is 1. The lowest BCUT2D eigenvalue weighted by Gasteiger charge is -2.35. The zero-order chi connectivity index (χ0) is 23.2. The van der Waals surface area contributed by atoms with Crippen LogP contribution < -0.4 is 9.64 Å². The lowest BCUT2D eigenvalue weighted by molar-refractivity contribution is -0.133. The van der Waals surface area contributed by atoms with Crippen LogP contribution in [0, 0.1) is 6.92 Å². The second-order valence-electron chi connectivity index (χ2n) is 8.81. The van der Waals surface area contributed by atoms with E-state index in [1.807, 2.05) is 54.3 Å². The van der Waals surface area contributed by atoms with E-state index >= 15 is 0 Å². The first-order valence-electron chi connectivity index (χ1n) is 11.6. The first-order valence-corrected chi connectivity index (χ1v) is 11.6. The van der Waals surface area contributed by atoms with Gasteiger partial charge in [0.1, 0.15) is 17.4 Å². The van der Waals surface area contributed by atoms with Crippen molar-refractivity contribution in [2.75, 3.05) is 37.7 Å². The van der Waals surface area contributed by atoms with E-state index in [0.717, 1.165) is 48.2 Å². The van der Waals surface area contributed by atoms with Crippen molar-refractivity contribution in [1.82, 2.24) is 14.9 Å². The second-order valence-corrected chi connectivity index (χ2v) is 8.81. The van der Waals surface area contributed by atoms with Gasteiger partial charge in [-0.1, -0.05) is 62.4 Å². The topological polar surface area (TPSA) is 58.6 Å². The summed E-state index contributed by atoms with van der Waals surface area (Å²) in [4.78, 5) is 26.2. The van der Waals surface area contributed by atoms with Crippen LogP contribution in [0.25, 0.3) is 0 Å². The van der Waals surface area contributed by atoms with Crippen molar-refractivity contribution < 1.29 is 9.53 Å². The molecule has 1 aliphatic heterocycles. The van der Waals surface area contributed by atoms with Gasteiger partial charge < -0.3 is 14.5 Å². The number of hydrogen-bond acceptors (Lipinski definition) is 5. The Morgan fingerprint density at radius 1 is 0.970 bits per heavy atom. The molecule has 6 nitrogen and oxygen atoms in total. The van der Waals surface area contributed by atoms with Crippen molar-refractivity contribution in [2.24, 2.45) is 0 Å². The van der Waals surface area contributed by atoms with Crippen LogP contribution in [0.4, 0.5) is 5.82 Å². The summed E-state index contributed by atoms with van der Waals surface area (Å²) in [6.07, 6.45) is 0.778. The highest BCUT2D eigenvalue weighted by Crippen LogP contribution is 2.22. The standard InChI is InChI=1S/C27H32N4O2/c1-20(2)27-28-21(3)17-25(29-27)30-13-15-31(16-14-30)26(32)19-33-24-12-8-7-11-23(24)18-22-9-5-4-6-10-22/h4-12,17,20H,13-16,18-19H2,1-3H3. The predicted molar refractivity (Wildman–Crippen MR) is 131 cm³/mol. The van der Waals surface area contributed by atoms with Gasteiger partial charge in [0.15, 0.2) is 6.61 Å². The second kappa shape index (κ2) is 10.5. The Hall–Kier alpha value is -3.41. The molecule has 0 saturated carbocycles.